The minimum atomic E-state index is 0.121. The number of carbonyl (C=O) groups excluding carboxylic acids is 1. The van der Waals surface area contributed by atoms with Crippen molar-refractivity contribution in [1.29, 1.82) is 0 Å². The molecule has 2 heterocycles. The maximum Gasteiger partial charge on any atom is 0.223 e. The first-order valence-electron chi connectivity index (χ1n) is 6.82. The van der Waals surface area contributed by atoms with Gasteiger partial charge in [0.15, 0.2) is 5.65 Å². The van der Waals surface area contributed by atoms with Crippen molar-refractivity contribution < 1.29 is 4.79 Å². The van der Waals surface area contributed by atoms with E-state index in [1.165, 1.54) is 0 Å². The van der Waals surface area contributed by atoms with Gasteiger partial charge in [-0.3, -0.25) is 9.20 Å². The fourth-order valence-electron chi connectivity index (χ4n) is 2.16. The first kappa shape index (κ1) is 13.5. The van der Waals surface area contributed by atoms with Crippen LogP contribution in [0, 0.1) is 5.92 Å². The van der Waals surface area contributed by atoms with Gasteiger partial charge in [0.05, 0.1) is 0 Å². The maximum atomic E-state index is 11.8. The molecule has 5 nitrogen and oxygen atoms in total. The quantitative estimate of drug-likeness (QED) is 0.862. The fourth-order valence-corrected chi connectivity index (χ4v) is 2.16. The van der Waals surface area contributed by atoms with Crippen molar-refractivity contribution in [3.05, 3.63) is 30.2 Å². The number of fused-ring (bicyclic) bond motifs is 1. The van der Waals surface area contributed by atoms with Gasteiger partial charge in [-0.15, -0.1) is 10.2 Å². The van der Waals surface area contributed by atoms with Gasteiger partial charge in [0.1, 0.15) is 5.82 Å². The Bertz CT molecular complexity index is 545. The molecule has 0 aliphatic heterocycles. The van der Waals surface area contributed by atoms with Gasteiger partial charge in [-0.05, 0) is 25.0 Å². The zero-order valence-corrected chi connectivity index (χ0v) is 11.5. The van der Waals surface area contributed by atoms with E-state index in [1.807, 2.05) is 42.6 Å². The predicted octanol–water partition coefficient (Wildman–Crippen LogP) is 1.82. The average Bonchev–Trinajstić information content (AvgIpc) is 2.84. The molecule has 0 saturated carbocycles. The second-order valence-corrected chi connectivity index (χ2v) is 4.60. The van der Waals surface area contributed by atoms with Crippen molar-refractivity contribution in [1.82, 2.24) is 19.9 Å². The van der Waals surface area contributed by atoms with E-state index in [0.717, 1.165) is 24.3 Å². The molecule has 0 unspecified atom stereocenters. The van der Waals surface area contributed by atoms with E-state index in [-0.39, 0.29) is 11.8 Å². The molecule has 19 heavy (non-hydrogen) atoms. The molecule has 2 aromatic heterocycles. The van der Waals surface area contributed by atoms with Gasteiger partial charge < -0.3 is 5.32 Å². The van der Waals surface area contributed by atoms with E-state index >= 15 is 0 Å². The van der Waals surface area contributed by atoms with Gasteiger partial charge in [-0.25, -0.2) is 0 Å². The number of hydrogen-bond acceptors (Lipinski definition) is 3. The topological polar surface area (TPSA) is 59.3 Å². The lowest BCUT2D eigenvalue weighted by Crippen LogP contribution is -2.31. The molecule has 0 saturated heterocycles. The molecule has 0 aliphatic carbocycles. The maximum absolute atomic E-state index is 11.8. The van der Waals surface area contributed by atoms with Gasteiger partial charge in [-0.1, -0.05) is 19.9 Å². The molecule has 0 atom stereocenters. The summed E-state index contributed by atoms with van der Waals surface area (Å²) in [6, 6.07) is 5.80. The lowest BCUT2D eigenvalue weighted by Gasteiger charge is -2.12. The Balaban J connectivity index is 1.91. The highest BCUT2D eigenvalue weighted by molar-refractivity contribution is 5.78. The van der Waals surface area contributed by atoms with Crippen LogP contribution in [0.4, 0.5) is 0 Å². The van der Waals surface area contributed by atoms with Crippen LogP contribution in [-0.2, 0) is 11.2 Å². The molecule has 1 amide bonds. The van der Waals surface area contributed by atoms with Gasteiger partial charge in [0.25, 0.3) is 0 Å². The van der Waals surface area contributed by atoms with Gasteiger partial charge in [0, 0.05) is 25.1 Å². The second-order valence-electron chi connectivity index (χ2n) is 4.60. The third-order valence-corrected chi connectivity index (χ3v) is 3.39. The summed E-state index contributed by atoms with van der Waals surface area (Å²) in [5.41, 5.74) is 0.837. The standard InChI is InChI=1S/C14H20N4O/c1-3-11(4-2)14(19)15-9-8-13-17-16-12-7-5-6-10-18(12)13/h5-7,10-11H,3-4,8-9H2,1-2H3,(H,15,19). The van der Waals surface area contributed by atoms with Gasteiger partial charge >= 0.3 is 0 Å². The monoisotopic (exact) mass is 260 g/mol. The lowest BCUT2D eigenvalue weighted by molar-refractivity contribution is -0.125. The number of carbonyl (C=O) groups is 1. The van der Waals surface area contributed by atoms with Crippen LogP contribution in [0.2, 0.25) is 0 Å². The first-order chi connectivity index (χ1) is 9.26. The molecule has 0 aliphatic rings. The van der Waals surface area contributed by atoms with E-state index in [1.54, 1.807) is 0 Å². The molecule has 0 radical (unpaired) electrons. The highest BCUT2D eigenvalue weighted by Crippen LogP contribution is 2.07. The number of amides is 1. The van der Waals surface area contributed by atoms with E-state index in [0.29, 0.717) is 13.0 Å². The SMILES string of the molecule is CCC(CC)C(=O)NCCc1nnc2ccccn12. The van der Waals surface area contributed by atoms with E-state index in [4.69, 9.17) is 0 Å². The Morgan fingerprint density at radius 2 is 2.11 bits per heavy atom. The van der Waals surface area contributed by atoms with Crippen molar-refractivity contribution in [2.45, 2.75) is 33.1 Å². The van der Waals surface area contributed by atoms with Crippen LogP contribution >= 0.6 is 0 Å². The van der Waals surface area contributed by atoms with Crippen molar-refractivity contribution in [3.63, 3.8) is 0 Å². The number of aromatic nitrogens is 3. The van der Waals surface area contributed by atoms with Crippen molar-refractivity contribution in [2.24, 2.45) is 5.92 Å². The number of nitrogens with one attached hydrogen (secondary N) is 1. The summed E-state index contributed by atoms with van der Waals surface area (Å²) >= 11 is 0. The highest BCUT2D eigenvalue weighted by atomic mass is 16.1. The number of hydrogen-bond donors (Lipinski definition) is 1. The normalized spacial score (nSPS) is 11.1. The minimum absolute atomic E-state index is 0.121. The Hall–Kier alpha value is -1.91. The Labute approximate surface area is 113 Å². The van der Waals surface area contributed by atoms with Crippen LogP contribution < -0.4 is 5.32 Å². The molecule has 102 valence electrons. The largest absolute Gasteiger partial charge is 0.355 e. The zero-order chi connectivity index (χ0) is 13.7. The third kappa shape index (κ3) is 3.10. The smallest absolute Gasteiger partial charge is 0.223 e. The molecule has 0 bridgehead atoms. The van der Waals surface area contributed by atoms with Crippen molar-refractivity contribution in [2.75, 3.05) is 6.54 Å². The third-order valence-electron chi connectivity index (χ3n) is 3.39. The van der Waals surface area contributed by atoms with Crippen LogP contribution in [0.15, 0.2) is 24.4 Å². The highest BCUT2D eigenvalue weighted by Gasteiger charge is 2.13. The predicted molar refractivity (Wildman–Crippen MR) is 73.8 cm³/mol. The second kappa shape index (κ2) is 6.31. The van der Waals surface area contributed by atoms with E-state index in [9.17, 15) is 4.79 Å². The minimum Gasteiger partial charge on any atom is -0.355 e. The van der Waals surface area contributed by atoms with Crippen molar-refractivity contribution >= 4 is 11.6 Å². The molecular weight excluding hydrogens is 240 g/mol. The van der Waals surface area contributed by atoms with Crippen LogP contribution in [0.5, 0.6) is 0 Å². The van der Waals surface area contributed by atoms with Crippen LogP contribution in [0.25, 0.3) is 5.65 Å². The van der Waals surface area contributed by atoms with Gasteiger partial charge in [-0.2, -0.15) is 0 Å². The summed E-state index contributed by atoms with van der Waals surface area (Å²) in [4.78, 5) is 11.8. The fraction of sp³-hybridized carbons (Fsp3) is 0.500. The van der Waals surface area contributed by atoms with Crippen molar-refractivity contribution in [3.8, 4) is 0 Å². The number of rotatable bonds is 6. The lowest BCUT2D eigenvalue weighted by atomic mass is 10.0. The number of pyridine rings is 1. The van der Waals surface area contributed by atoms with E-state index < -0.39 is 0 Å². The Morgan fingerprint density at radius 3 is 2.84 bits per heavy atom. The van der Waals surface area contributed by atoms with Crippen LogP contribution in [0.3, 0.4) is 0 Å². The molecule has 1 N–H and O–H groups in total. The summed E-state index contributed by atoms with van der Waals surface area (Å²) in [7, 11) is 0. The molecule has 2 rings (SSSR count). The van der Waals surface area contributed by atoms with E-state index in [2.05, 4.69) is 15.5 Å². The Kier molecular flexibility index (Phi) is 4.49. The molecule has 0 fully saturated rings. The summed E-state index contributed by atoms with van der Waals surface area (Å²) in [6.45, 7) is 4.69. The summed E-state index contributed by atoms with van der Waals surface area (Å²) in [5.74, 6) is 1.13. The van der Waals surface area contributed by atoms with Crippen LogP contribution in [0.1, 0.15) is 32.5 Å². The first-order valence-corrected chi connectivity index (χ1v) is 6.82. The summed E-state index contributed by atoms with van der Waals surface area (Å²) < 4.78 is 1.95. The molecule has 5 heteroatoms. The Morgan fingerprint density at radius 1 is 1.32 bits per heavy atom. The summed E-state index contributed by atoms with van der Waals surface area (Å²) in [6.07, 6.45) is 4.40. The molecule has 2 aromatic rings. The summed E-state index contributed by atoms with van der Waals surface area (Å²) in [5, 5.41) is 11.2. The molecule has 0 aromatic carbocycles. The number of nitrogens with zero attached hydrogens (tertiary/aromatic N) is 3. The van der Waals surface area contributed by atoms with Crippen LogP contribution in [-0.4, -0.2) is 27.0 Å². The molecular formula is C14H20N4O. The average molecular weight is 260 g/mol. The van der Waals surface area contributed by atoms with Gasteiger partial charge in [0.2, 0.25) is 5.91 Å². The molecule has 0 spiro atoms. The zero-order valence-electron chi connectivity index (χ0n) is 11.5.